The van der Waals surface area contributed by atoms with Crippen molar-refractivity contribution in [3.63, 3.8) is 0 Å². The molecule has 0 aliphatic carbocycles. The van der Waals surface area contributed by atoms with E-state index in [1.165, 1.54) is 12.0 Å². The average molecular weight is 354 g/mol. The summed E-state index contributed by atoms with van der Waals surface area (Å²) in [6, 6.07) is 10.8. The fourth-order valence-corrected chi connectivity index (χ4v) is 4.22. The Balaban J connectivity index is 1.58. The van der Waals surface area contributed by atoms with Crippen molar-refractivity contribution in [3.8, 4) is 17.2 Å². The molecule has 0 unspecified atom stereocenters. The molecule has 0 radical (unpaired) electrons. The van der Waals surface area contributed by atoms with Crippen LogP contribution in [-0.4, -0.2) is 23.5 Å². The molecular weight excluding hydrogens is 332 g/mol. The zero-order valence-corrected chi connectivity index (χ0v) is 15.4. The topological polar surface area (TPSA) is 38.5 Å². The maximum absolute atomic E-state index is 5.90. The van der Waals surface area contributed by atoms with Gasteiger partial charge in [-0.1, -0.05) is 18.2 Å². The lowest BCUT2D eigenvalue weighted by atomic mass is 10.0. The van der Waals surface area contributed by atoms with Crippen LogP contribution in [0.15, 0.2) is 45.5 Å². The van der Waals surface area contributed by atoms with Gasteiger partial charge in [0.1, 0.15) is 11.5 Å². The monoisotopic (exact) mass is 354 g/mol. The van der Waals surface area contributed by atoms with Gasteiger partial charge in [0.2, 0.25) is 5.89 Å². The minimum absolute atomic E-state index is 0.372. The number of oxazole rings is 1. The van der Waals surface area contributed by atoms with Crippen LogP contribution in [0.5, 0.6) is 5.75 Å². The smallest absolute Gasteiger partial charge is 0.227 e. The Bertz CT molecular complexity index is 841. The Labute approximate surface area is 152 Å². The van der Waals surface area contributed by atoms with E-state index in [-0.39, 0.29) is 0 Å². The molecule has 4 rings (SSSR count). The van der Waals surface area contributed by atoms with Crippen LogP contribution in [0.3, 0.4) is 0 Å². The van der Waals surface area contributed by atoms with E-state index >= 15 is 0 Å². The number of likely N-dealkylation sites (tertiary alicyclic amines) is 1. The summed E-state index contributed by atoms with van der Waals surface area (Å²) in [7, 11) is 1.74. The number of methoxy groups -OCH3 is 1. The number of hydrogen-bond acceptors (Lipinski definition) is 5. The summed E-state index contributed by atoms with van der Waals surface area (Å²) < 4.78 is 11.5. The second kappa shape index (κ2) is 7.02. The molecular formula is C20H22N2O2S. The molecule has 25 heavy (non-hydrogen) atoms. The minimum Gasteiger partial charge on any atom is -0.496 e. The van der Waals surface area contributed by atoms with E-state index in [0.717, 1.165) is 48.2 Å². The fraction of sp³-hybridized carbons (Fsp3) is 0.350. The van der Waals surface area contributed by atoms with Gasteiger partial charge in [0, 0.05) is 29.1 Å². The zero-order chi connectivity index (χ0) is 17.2. The van der Waals surface area contributed by atoms with E-state index in [4.69, 9.17) is 14.1 Å². The van der Waals surface area contributed by atoms with Crippen molar-refractivity contribution in [1.82, 2.24) is 9.88 Å². The molecule has 1 aliphatic heterocycles. The lowest BCUT2D eigenvalue weighted by Crippen LogP contribution is -2.23. The Hall–Kier alpha value is -2.11. The van der Waals surface area contributed by atoms with Crippen LogP contribution in [0, 0.1) is 6.92 Å². The maximum Gasteiger partial charge on any atom is 0.227 e. The fourth-order valence-electron chi connectivity index (χ4n) is 3.59. The SMILES string of the molecule is COc1ccccc1[C@@H]1CCCN1Cc1nc(-c2ccsc2)oc1C. The number of nitrogens with zero attached hydrogens (tertiary/aromatic N) is 2. The van der Waals surface area contributed by atoms with Gasteiger partial charge in [-0.3, -0.25) is 4.90 Å². The zero-order valence-electron chi connectivity index (χ0n) is 14.6. The molecule has 0 spiro atoms. The van der Waals surface area contributed by atoms with Gasteiger partial charge in [0.15, 0.2) is 0 Å². The Morgan fingerprint density at radius 2 is 2.20 bits per heavy atom. The second-order valence-electron chi connectivity index (χ2n) is 6.40. The molecule has 0 N–H and O–H groups in total. The largest absolute Gasteiger partial charge is 0.496 e. The van der Waals surface area contributed by atoms with E-state index in [1.54, 1.807) is 18.4 Å². The highest BCUT2D eigenvalue weighted by atomic mass is 32.1. The molecule has 1 aliphatic rings. The van der Waals surface area contributed by atoms with Crippen molar-refractivity contribution in [3.05, 3.63) is 58.1 Å². The number of hydrogen-bond donors (Lipinski definition) is 0. The van der Waals surface area contributed by atoms with Crippen LogP contribution in [0.4, 0.5) is 0 Å². The number of benzene rings is 1. The molecule has 0 saturated carbocycles. The van der Waals surface area contributed by atoms with Crippen molar-refractivity contribution in [2.24, 2.45) is 0 Å². The quantitative estimate of drug-likeness (QED) is 0.642. The molecule has 130 valence electrons. The average Bonchev–Trinajstić information content (AvgIpc) is 3.37. The van der Waals surface area contributed by atoms with Crippen LogP contribution in [0.1, 0.15) is 35.9 Å². The van der Waals surface area contributed by atoms with E-state index in [2.05, 4.69) is 22.4 Å². The van der Waals surface area contributed by atoms with Gasteiger partial charge in [0.05, 0.1) is 12.8 Å². The molecule has 5 heteroatoms. The summed E-state index contributed by atoms with van der Waals surface area (Å²) in [6.07, 6.45) is 2.34. The Morgan fingerprint density at radius 1 is 1.32 bits per heavy atom. The van der Waals surface area contributed by atoms with Crippen molar-refractivity contribution >= 4 is 11.3 Å². The molecule has 1 saturated heterocycles. The first-order valence-corrected chi connectivity index (χ1v) is 9.56. The van der Waals surface area contributed by atoms with Gasteiger partial charge in [-0.05, 0) is 43.8 Å². The number of aryl methyl sites for hydroxylation is 1. The number of ether oxygens (including phenoxy) is 1. The first-order valence-electron chi connectivity index (χ1n) is 8.62. The summed E-state index contributed by atoms with van der Waals surface area (Å²) in [4.78, 5) is 7.24. The predicted molar refractivity (Wildman–Crippen MR) is 99.9 cm³/mol. The van der Waals surface area contributed by atoms with E-state index in [1.807, 2.05) is 30.5 Å². The summed E-state index contributed by atoms with van der Waals surface area (Å²) in [5.74, 6) is 2.60. The number of para-hydroxylation sites is 1. The van der Waals surface area contributed by atoms with Crippen LogP contribution < -0.4 is 4.74 Å². The van der Waals surface area contributed by atoms with Gasteiger partial charge >= 0.3 is 0 Å². The van der Waals surface area contributed by atoms with E-state index < -0.39 is 0 Å². The van der Waals surface area contributed by atoms with Crippen LogP contribution in [0.25, 0.3) is 11.5 Å². The molecule has 0 bridgehead atoms. The summed E-state index contributed by atoms with van der Waals surface area (Å²) >= 11 is 1.66. The standard InChI is InChI=1S/C20H22N2O2S/c1-14-17(21-20(24-14)15-9-11-25-13-15)12-22-10-5-7-18(22)16-6-3-4-8-19(16)23-2/h3-4,6,8-9,11,13,18H,5,7,10,12H2,1-2H3/t18-/m0/s1. The molecule has 3 heterocycles. The third kappa shape index (κ3) is 3.22. The highest BCUT2D eigenvalue weighted by molar-refractivity contribution is 7.08. The molecule has 3 aromatic rings. The second-order valence-corrected chi connectivity index (χ2v) is 7.18. The summed E-state index contributed by atoms with van der Waals surface area (Å²) in [5.41, 5.74) is 3.35. The molecule has 1 atom stereocenters. The van der Waals surface area contributed by atoms with Crippen LogP contribution in [0.2, 0.25) is 0 Å². The maximum atomic E-state index is 5.90. The van der Waals surface area contributed by atoms with Gasteiger partial charge in [-0.2, -0.15) is 11.3 Å². The molecule has 4 nitrogen and oxygen atoms in total. The van der Waals surface area contributed by atoms with Crippen molar-refractivity contribution in [2.75, 3.05) is 13.7 Å². The number of rotatable bonds is 5. The number of thiophene rings is 1. The predicted octanol–water partition coefficient (Wildman–Crippen LogP) is 5.06. The molecule has 2 aromatic heterocycles. The summed E-state index contributed by atoms with van der Waals surface area (Å²) in [5, 5.41) is 4.12. The molecule has 0 amide bonds. The normalized spacial score (nSPS) is 17.9. The Kier molecular flexibility index (Phi) is 4.59. The van der Waals surface area contributed by atoms with Gasteiger partial charge in [-0.15, -0.1) is 0 Å². The van der Waals surface area contributed by atoms with Crippen molar-refractivity contribution in [1.29, 1.82) is 0 Å². The number of aromatic nitrogens is 1. The lowest BCUT2D eigenvalue weighted by Gasteiger charge is -2.25. The van der Waals surface area contributed by atoms with Gasteiger partial charge in [-0.25, -0.2) is 4.98 Å². The van der Waals surface area contributed by atoms with Crippen LogP contribution >= 0.6 is 11.3 Å². The highest BCUT2D eigenvalue weighted by Gasteiger charge is 2.29. The third-order valence-electron chi connectivity index (χ3n) is 4.88. The Morgan fingerprint density at radius 3 is 3.00 bits per heavy atom. The van der Waals surface area contributed by atoms with E-state index in [9.17, 15) is 0 Å². The van der Waals surface area contributed by atoms with Crippen molar-refractivity contribution < 1.29 is 9.15 Å². The van der Waals surface area contributed by atoms with Crippen molar-refractivity contribution in [2.45, 2.75) is 32.4 Å². The van der Waals surface area contributed by atoms with Gasteiger partial charge < -0.3 is 9.15 Å². The lowest BCUT2D eigenvalue weighted by molar-refractivity contribution is 0.239. The van der Waals surface area contributed by atoms with E-state index in [0.29, 0.717) is 6.04 Å². The highest BCUT2D eigenvalue weighted by Crippen LogP contribution is 2.38. The minimum atomic E-state index is 0.372. The molecule has 1 aromatic carbocycles. The molecule has 1 fully saturated rings. The van der Waals surface area contributed by atoms with Crippen LogP contribution in [-0.2, 0) is 6.54 Å². The first-order chi connectivity index (χ1) is 12.3. The first kappa shape index (κ1) is 16.4. The van der Waals surface area contributed by atoms with Gasteiger partial charge in [0.25, 0.3) is 0 Å². The summed E-state index contributed by atoms with van der Waals surface area (Å²) in [6.45, 7) is 3.89. The third-order valence-corrected chi connectivity index (χ3v) is 5.56.